The zero-order chi connectivity index (χ0) is 24.8. The fourth-order valence-electron chi connectivity index (χ4n) is 4.53. The molecular formula is C32H35NO3. The van der Waals surface area contributed by atoms with E-state index in [4.69, 9.17) is 4.74 Å². The summed E-state index contributed by atoms with van der Waals surface area (Å²) in [4.78, 5) is 10.8. The summed E-state index contributed by atoms with van der Waals surface area (Å²) in [6.07, 6.45) is 1.84. The Balaban J connectivity index is 0.00000361. The standard InChI is InChI=1S/C32H32O3.H3N/c1-4-25-19-27(30-16-14-28(35-21-32(33)34)20-31(30)22(2)3)13-15-29(25)26-12-8-11-24(18-26)17-23-9-6-5-7-10-23;/h5-16,18-20,22H,4,17,21H2,1-3H3,(H,33,34);1H3. The van der Waals surface area contributed by atoms with Crippen molar-refractivity contribution >= 4 is 5.97 Å². The number of carboxylic acid groups (broad SMARTS) is 1. The highest BCUT2D eigenvalue weighted by molar-refractivity contribution is 5.76. The Bertz CT molecular complexity index is 1310. The van der Waals surface area contributed by atoms with Crippen LogP contribution in [-0.2, 0) is 17.6 Å². The molecule has 0 unspecified atom stereocenters. The average Bonchev–Trinajstić information content (AvgIpc) is 2.87. The van der Waals surface area contributed by atoms with Crippen LogP contribution in [0.25, 0.3) is 22.3 Å². The number of ether oxygens (including phenoxy) is 1. The van der Waals surface area contributed by atoms with Crippen molar-refractivity contribution in [3.05, 3.63) is 113 Å². The van der Waals surface area contributed by atoms with Gasteiger partial charge in [-0.3, -0.25) is 0 Å². The number of carboxylic acids is 1. The zero-order valence-corrected chi connectivity index (χ0v) is 21.6. The topological polar surface area (TPSA) is 85.9 Å². The lowest BCUT2D eigenvalue weighted by Crippen LogP contribution is -2.28. The molecule has 0 amide bonds. The second-order valence-electron chi connectivity index (χ2n) is 9.15. The summed E-state index contributed by atoms with van der Waals surface area (Å²) in [6.45, 7) is 6.01. The van der Waals surface area contributed by atoms with Crippen LogP contribution in [0.15, 0.2) is 91.0 Å². The number of hydrogen-bond acceptors (Lipinski definition) is 3. The van der Waals surface area contributed by atoms with E-state index in [1.807, 2.05) is 24.3 Å². The lowest BCUT2D eigenvalue weighted by molar-refractivity contribution is -0.307. The van der Waals surface area contributed by atoms with E-state index >= 15 is 0 Å². The summed E-state index contributed by atoms with van der Waals surface area (Å²) in [5, 5.41) is 10.8. The first-order chi connectivity index (χ1) is 16.9. The van der Waals surface area contributed by atoms with Crippen LogP contribution in [0.4, 0.5) is 0 Å². The summed E-state index contributed by atoms with van der Waals surface area (Å²) in [5.74, 6) is -0.420. The maximum absolute atomic E-state index is 10.8. The molecule has 4 N–H and O–H groups in total. The first kappa shape index (κ1) is 26.7. The maximum Gasteiger partial charge on any atom is 0.128 e. The summed E-state index contributed by atoms with van der Waals surface area (Å²) >= 11 is 0. The summed E-state index contributed by atoms with van der Waals surface area (Å²) in [7, 11) is 0. The number of carbonyl (C=O) groups excluding carboxylic acids is 1. The minimum Gasteiger partial charge on any atom is -0.546 e. The number of hydrogen-bond donors (Lipinski definition) is 1. The Hall–Kier alpha value is -3.89. The van der Waals surface area contributed by atoms with Crippen LogP contribution in [0.2, 0.25) is 0 Å². The Morgan fingerprint density at radius 1 is 0.806 bits per heavy atom. The highest BCUT2D eigenvalue weighted by atomic mass is 16.5. The van der Waals surface area contributed by atoms with Crippen molar-refractivity contribution < 1.29 is 14.6 Å². The van der Waals surface area contributed by atoms with Gasteiger partial charge in [-0.25, -0.2) is 0 Å². The molecule has 4 heteroatoms. The smallest absolute Gasteiger partial charge is 0.128 e. The number of quaternary nitrogens is 1. The van der Waals surface area contributed by atoms with Crippen molar-refractivity contribution in [3.63, 3.8) is 0 Å². The summed E-state index contributed by atoms with van der Waals surface area (Å²) < 4.78 is 5.36. The van der Waals surface area contributed by atoms with Crippen molar-refractivity contribution in [2.45, 2.75) is 39.5 Å². The van der Waals surface area contributed by atoms with E-state index in [1.54, 1.807) is 0 Å². The van der Waals surface area contributed by atoms with Gasteiger partial charge in [-0.2, -0.15) is 0 Å². The Kier molecular flexibility index (Phi) is 9.04. The molecule has 186 valence electrons. The molecule has 0 radical (unpaired) electrons. The van der Waals surface area contributed by atoms with Gasteiger partial charge in [0.15, 0.2) is 0 Å². The fourth-order valence-corrected chi connectivity index (χ4v) is 4.53. The number of carbonyl (C=O) groups is 1. The van der Waals surface area contributed by atoms with Crippen LogP contribution >= 0.6 is 0 Å². The van der Waals surface area contributed by atoms with E-state index in [1.165, 1.54) is 27.8 Å². The first-order valence-corrected chi connectivity index (χ1v) is 12.2. The summed E-state index contributed by atoms with van der Waals surface area (Å²) in [6, 6.07) is 31.8. The van der Waals surface area contributed by atoms with Gasteiger partial charge in [0.05, 0.1) is 5.97 Å². The molecule has 0 fully saturated rings. The molecule has 0 aliphatic heterocycles. The van der Waals surface area contributed by atoms with Gasteiger partial charge in [-0.05, 0) is 75.4 Å². The highest BCUT2D eigenvalue weighted by Gasteiger charge is 2.13. The van der Waals surface area contributed by atoms with Gasteiger partial charge in [-0.15, -0.1) is 0 Å². The van der Waals surface area contributed by atoms with Crippen molar-refractivity contribution in [1.82, 2.24) is 6.15 Å². The quantitative estimate of drug-likeness (QED) is 0.285. The van der Waals surface area contributed by atoms with E-state index in [2.05, 4.69) is 87.5 Å². The van der Waals surface area contributed by atoms with Crippen LogP contribution in [-0.4, -0.2) is 12.6 Å². The average molecular weight is 482 g/mol. The monoisotopic (exact) mass is 481 g/mol. The molecule has 4 aromatic carbocycles. The van der Waals surface area contributed by atoms with E-state index < -0.39 is 12.6 Å². The fraction of sp³-hybridized carbons (Fsp3) is 0.219. The number of aryl methyl sites for hydroxylation is 1. The van der Waals surface area contributed by atoms with E-state index in [0.29, 0.717) is 5.75 Å². The van der Waals surface area contributed by atoms with Gasteiger partial charge in [0.25, 0.3) is 0 Å². The van der Waals surface area contributed by atoms with Crippen LogP contribution < -0.4 is 16.0 Å². The maximum atomic E-state index is 10.8. The van der Waals surface area contributed by atoms with Gasteiger partial charge in [0.2, 0.25) is 0 Å². The predicted octanol–water partition coefficient (Wildman–Crippen LogP) is 6.80. The SMILES string of the molecule is CCc1cc(-c2ccc(OCC(=O)[O-])cc2C(C)C)ccc1-c1cccc(Cc2ccccc2)c1.[NH4+]. The van der Waals surface area contributed by atoms with E-state index in [9.17, 15) is 9.90 Å². The molecule has 0 aliphatic carbocycles. The summed E-state index contributed by atoms with van der Waals surface area (Å²) in [5.41, 5.74) is 9.81. The Morgan fingerprint density at radius 2 is 1.50 bits per heavy atom. The predicted molar refractivity (Wildman–Crippen MR) is 147 cm³/mol. The van der Waals surface area contributed by atoms with Crippen molar-refractivity contribution in [1.29, 1.82) is 0 Å². The molecular weight excluding hydrogens is 446 g/mol. The zero-order valence-electron chi connectivity index (χ0n) is 21.6. The highest BCUT2D eigenvalue weighted by Crippen LogP contribution is 2.35. The molecule has 0 heterocycles. The molecule has 4 nitrogen and oxygen atoms in total. The van der Waals surface area contributed by atoms with Gasteiger partial charge in [0.1, 0.15) is 12.4 Å². The third-order valence-electron chi connectivity index (χ3n) is 6.29. The molecule has 0 spiro atoms. The van der Waals surface area contributed by atoms with Gasteiger partial charge in [-0.1, -0.05) is 99.6 Å². The van der Waals surface area contributed by atoms with Gasteiger partial charge < -0.3 is 20.8 Å². The molecule has 0 aromatic heterocycles. The van der Waals surface area contributed by atoms with Gasteiger partial charge >= 0.3 is 0 Å². The molecule has 36 heavy (non-hydrogen) atoms. The largest absolute Gasteiger partial charge is 0.546 e. The molecule has 0 atom stereocenters. The first-order valence-electron chi connectivity index (χ1n) is 12.2. The Morgan fingerprint density at radius 3 is 2.19 bits per heavy atom. The Labute approximate surface area is 214 Å². The molecule has 4 rings (SSSR count). The van der Waals surface area contributed by atoms with Crippen LogP contribution in [0, 0.1) is 0 Å². The molecule has 0 saturated heterocycles. The molecule has 0 bridgehead atoms. The molecule has 0 aliphatic rings. The van der Waals surface area contributed by atoms with E-state index in [-0.39, 0.29) is 12.1 Å². The third-order valence-corrected chi connectivity index (χ3v) is 6.29. The molecule has 0 saturated carbocycles. The normalized spacial score (nSPS) is 10.7. The minimum absolute atomic E-state index is 0. The lowest BCUT2D eigenvalue weighted by Gasteiger charge is -2.18. The van der Waals surface area contributed by atoms with Gasteiger partial charge in [0, 0.05) is 0 Å². The second-order valence-corrected chi connectivity index (χ2v) is 9.15. The second kappa shape index (κ2) is 12.2. The van der Waals surface area contributed by atoms with Crippen LogP contribution in [0.5, 0.6) is 5.75 Å². The van der Waals surface area contributed by atoms with Crippen molar-refractivity contribution in [3.8, 4) is 28.0 Å². The van der Waals surface area contributed by atoms with E-state index in [0.717, 1.165) is 29.5 Å². The van der Waals surface area contributed by atoms with Crippen molar-refractivity contribution in [2.24, 2.45) is 0 Å². The third kappa shape index (κ3) is 6.41. The minimum atomic E-state index is -1.23. The number of benzene rings is 4. The van der Waals surface area contributed by atoms with Crippen LogP contribution in [0.1, 0.15) is 48.9 Å². The number of aliphatic carboxylic acids is 1. The van der Waals surface area contributed by atoms with Crippen molar-refractivity contribution in [2.75, 3.05) is 6.61 Å². The molecule has 4 aromatic rings. The lowest BCUT2D eigenvalue weighted by atomic mass is 9.88. The van der Waals surface area contributed by atoms with Crippen LogP contribution in [0.3, 0.4) is 0 Å². The number of rotatable bonds is 9.